The summed E-state index contributed by atoms with van der Waals surface area (Å²) in [4.78, 5) is 2.66. The van der Waals surface area contributed by atoms with Crippen molar-refractivity contribution >= 4 is 15.9 Å². The molecule has 0 N–H and O–H groups in total. The monoisotopic (exact) mass is 380 g/mol. The third-order valence-corrected chi connectivity index (χ3v) is 6.20. The molecular weight excluding hydrogens is 360 g/mol. The van der Waals surface area contributed by atoms with Gasteiger partial charge in [0, 0.05) is 23.6 Å². The lowest BCUT2D eigenvalue weighted by Crippen LogP contribution is -2.46. The van der Waals surface area contributed by atoms with Crippen LogP contribution in [0, 0.1) is 17.2 Å². The maximum atomic E-state index is 9.09. The molecule has 1 fully saturated rings. The fourth-order valence-corrected chi connectivity index (χ4v) is 4.79. The van der Waals surface area contributed by atoms with E-state index in [0.717, 1.165) is 16.9 Å². The van der Waals surface area contributed by atoms with Crippen molar-refractivity contribution in [3.05, 3.63) is 69.2 Å². The number of hydrogen-bond donors (Lipinski definition) is 0. The van der Waals surface area contributed by atoms with Crippen LogP contribution in [0.15, 0.2) is 46.9 Å². The Morgan fingerprint density at radius 3 is 2.62 bits per heavy atom. The van der Waals surface area contributed by atoms with E-state index in [0.29, 0.717) is 11.6 Å². The molecular formula is C21H21BrN2. The topological polar surface area (TPSA) is 27.0 Å². The Labute approximate surface area is 152 Å². The van der Waals surface area contributed by atoms with Crippen LogP contribution in [0.25, 0.3) is 0 Å². The number of nitriles is 1. The van der Waals surface area contributed by atoms with Crippen molar-refractivity contribution in [2.45, 2.75) is 38.3 Å². The molecule has 2 atom stereocenters. The Morgan fingerprint density at radius 2 is 1.88 bits per heavy atom. The minimum Gasteiger partial charge on any atom is -0.296 e. The van der Waals surface area contributed by atoms with E-state index in [9.17, 15) is 0 Å². The zero-order valence-corrected chi connectivity index (χ0v) is 15.3. The summed E-state index contributed by atoms with van der Waals surface area (Å²) >= 11 is 3.52. The van der Waals surface area contributed by atoms with Crippen molar-refractivity contribution in [3.63, 3.8) is 0 Å². The van der Waals surface area contributed by atoms with Gasteiger partial charge in [0.25, 0.3) is 0 Å². The smallest absolute Gasteiger partial charge is 0.100 e. The summed E-state index contributed by atoms with van der Waals surface area (Å²) in [6.07, 6.45) is 5.04. The number of piperidine rings is 1. The third-order valence-electron chi connectivity index (χ3n) is 5.54. The normalized spacial score (nSPS) is 23.2. The summed E-state index contributed by atoms with van der Waals surface area (Å²) < 4.78 is 0.907. The van der Waals surface area contributed by atoms with E-state index in [1.165, 1.54) is 43.4 Å². The van der Waals surface area contributed by atoms with E-state index >= 15 is 0 Å². The molecule has 5 rings (SSSR count). The molecule has 122 valence electrons. The molecule has 0 radical (unpaired) electrons. The molecule has 24 heavy (non-hydrogen) atoms. The molecule has 0 unspecified atom stereocenters. The van der Waals surface area contributed by atoms with Crippen LogP contribution in [-0.4, -0.2) is 17.5 Å². The first kappa shape index (κ1) is 15.9. The van der Waals surface area contributed by atoms with Gasteiger partial charge in [-0.15, -0.1) is 0 Å². The van der Waals surface area contributed by atoms with Gasteiger partial charge in [0.1, 0.15) is 6.07 Å². The van der Waals surface area contributed by atoms with Crippen LogP contribution in [-0.2, 0) is 19.4 Å². The Morgan fingerprint density at radius 1 is 1.08 bits per heavy atom. The first-order valence-electron chi connectivity index (χ1n) is 8.72. The van der Waals surface area contributed by atoms with Crippen LogP contribution < -0.4 is 0 Å². The van der Waals surface area contributed by atoms with Gasteiger partial charge in [-0.1, -0.05) is 30.3 Å². The maximum Gasteiger partial charge on any atom is 0.100 e. The van der Waals surface area contributed by atoms with E-state index in [1.54, 1.807) is 5.56 Å². The van der Waals surface area contributed by atoms with Gasteiger partial charge >= 0.3 is 0 Å². The highest BCUT2D eigenvalue weighted by Gasteiger charge is 2.31. The summed E-state index contributed by atoms with van der Waals surface area (Å²) in [7, 11) is 0. The predicted molar refractivity (Wildman–Crippen MR) is 99.6 cm³/mol. The van der Waals surface area contributed by atoms with E-state index in [-0.39, 0.29) is 0 Å². The zero-order chi connectivity index (χ0) is 16.5. The third kappa shape index (κ3) is 3.14. The molecule has 3 heteroatoms. The Bertz CT molecular complexity index is 793. The second-order valence-corrected chi connectivity index (χ2v) is 7.98. The van der Waals surface area contributed by atoms with E-state index in [1.807, 2.05) is 6.07 Å². The fourth-order valence-electron chi connectivity index (χ4n) is 4.28. The summed E-state index contributed by atoms with van der Waals surface area (Å²) in [5.74, 6) is 0.768. The van der Waals surface area contributed by atoms with Crippen LogP contribution in [0.1, 0.15) is 35.1 Å². The highest BCUT2D eigenvalue weighted by atomic mass is 79.9. The van der Waals surface area contributed by atoms with Crippen LogP contribution in [0.4, 0.5) is 0 Å². The fraction of sp³-hybridized carbons (Fsp3) is 0.381. The Hall–Kier alpha value is -1.63. The zero-order valence-electron chi connectivity index (χ0n) is 13.7. The minimum absolute atomic E-state index is 0.636. The summed E-state index contributed by atoms with van der Waals surface area (Å²) in [6.45, 7) is 2.17. The van der Waals surface area contributed by atoms with Crippen molar-refractivity contribution in [2.75, 3.05) is 6.54 Å². The molecule has 1 aliphatic carbocycles. The summed E-state index contributed by atoms with van der Waals surface area (Å²) in [6, 6.07) is 18.0. The van der Waals surface area contributed by atoms with Gasteiger partial charge in [-0.25, -0.2) is 0 Å². The number of fused-ring (bicyclic) bond motifs is 2. The molecule has 2 nitrogen and oxygen atoms in total. The number of nitrogens with zero attached hydrogens (tertiary/aromatic N) is 2. The molecule has 0 saturated carbocycles. The molecule has 2 bridgehead atoms. The first-order valence-corrected chi connectivity index (χ1v) is 9.51. The SMILES string of the molecule is N#Cc1ccc(CN2C[C@@H]3CC[C@@H]2Cc2ccccc2C3)cc1Br. The van der Waals surface area contributed by atoms with Crippen LogP contribution >= 0.6 is 15.9 Å². The van der Waals surface area contributed by atoms with Gasteiger partial charge in [0.05, 0.1) is 5.56 Å². The lowest BCUT2D eigenvalue weighted by molar-refractivity contribution is 0.0938. The first-order chi connectivity index (χ1) is 11.7. The van der Waals surface area contributed by atoms with Gasteiger partial charge in [-0.05, 0) is 76.4 Å². The summed E-state index contributed by atoms with van der Waals surface area (Å²) in [5, 5.41) is 9.09. The van der Waals surface area contributed by atoms with Crippen LogP contribution in [0.2, 0.25) is 0 Å². The van der Waals surface area contributed by atoms with Crippen molar-refractivity contribution in [1.82, 2.24) is 4.90 Å². The van der Waals surface area contributed by atoms with Gasteiger partial charge < -0.3 is 0 Å². The quantitative estimate of drug-likeness (QED) is 0.754. The standard InChI is InChI=1S/C21H21BrN2/c22-21-10-16(5-7-19(21)12-23)14-24-13-15-6-8-20(24)11-18-4-2-1-3-17(18)9-15/h1-5,7,10,15,20H,6,8-9,11,13-14H2/t15-,20-/m1/s1. The van der Waals surface area contributed by atoms with Crippen molar-refractivity contribution in [1.29, 1.82) is 5.26 Å². The van der Waals surface area contributed by atoms with E-state index in [2.05, 4.69) is 63.3 Å². The molecule has 0 aromatic heterocycles. The number of benzene rings is 2. The molecule has 3 aliphatic rings. The number of hydrogen-bond acceptors (Lipinski definition) is 2. The van der Waals surface area contributed by atoms with E-state index < -0.39 is 0 Å². The number of rotatable bonds is 2. The molecule has 2 aromatic carbocycles. The van der Waals surface area contributed by atoms with E-state index in [4.69, 9.17) is 5.26 Å². The maximum absolute atomic E-state index is 9.09. The molecule has 2 heterocycles. The number of halogens is 1. The molecule has 0 spiro atoms. The van der Waals surface area contributed by atoms with Gasteiger partial charge in [-0.3, -0.25) is 4.90 Å². The highest BCUT2D eigenvalue weighted by Crippen LogP contribution is 2.33. The van der Waals surface area contributed by atoms with Crippen molar-refractivity contribution in [3.8, 4) is 6.07 Å². The lowest BCUT2D eigenvalue weighted by atomic mass is 9.80. The summed E-state index contributed by atoms with van der Waals surface area (Å²) in [5.41, 5.74) is 5.10. The highest BCUT2D eigenvalue weighted by molar-refractivity contribution is 9.10. The van der Waals surface area contributed by atoms with Gasteiger partial charge in [0.15, 0.2) is 0 Å². The van der Waals surface area contributed by atoms with Crippen molar-refractivity contribution < 1.29 is 0 Å². The molecule has 2 aliphatic heterocycles. The molecule has 0 amide bonds. The Kier molecular flexibility index (Phi) is 4.43. The minimum atomic E-state index is 0.636. The van der Waals surface area contributed by atoms with Gasteiger partial charge in [0.2, 0.25) is 0 Å². The van der Waals surface area contributed by atoms with Crippen LogP contribution in [0.5, 0.6) is 0 Å². The predicted octanol–water partition coefficient (Wildman–Crippen LogP) is 4.70. The lowest BCUT2D eigenvalue weighted by Gasteiger charge is -2.42. The Balaban J connectivity index is 1.57. The van der Waals surface area contributed by atoms with Crippen LogP contribution in [0.3, 0.4) is 0 Å². The average Bonchev–Trinajstić information content (AvgIpc) is 2.56. The van der Waals surface area contributed by atoms with Crippen molar-refractivity contribution in [2.24, 2.45) is 5.92 Å². The molecule has 1 saturated heterocycles. The molecule has 2 aromatic rings. The van der Waals surface area contributed by atoms with Gasteiger partial charge in [-0.2, -0.15) is 5.26 Å². The second-order valence-electron chi connectivity index (χ2n) is 7.13. The second kappa shape index (κ2) is 6.70. The largest absolute Gasteiger partial charge is 0.296 e. The average molecular weight is 381 g/mol.